The maximum absolute atomic E-state index is 13.7. The van der Waals surface area contributed by atoms with E-state index in [-0.39, 0.29) is 54.6 Å². The molecule has 4 aromatic rings. The zero-order valence-corrected chi connectivity index (χ0v) is 27.4. The Morgan fingerprint density at radius 3 is 2.00 bits per heavy atom. The Bertz CT molecular complexity index is 1520. The molecule has 0 amide bonds. The molecule has 0 fully saturated rings. The number of ketones is 1. The van der Waals surface area contributed by atoms with Crippen LogP contribution >= 0.6 is 0 Å². The van der Waals surface area contributed by atoms with Gasteiger partial charge in [-0.15, -0.1) is 34.9 Å². The van der Waals surface area contributed by atoms with Crippen LogP contribution in [0.5, 0.6) is 0 Å². The molecule has 1 radical (unpaired) electrons. The Balaban J connectivity index is 0.000000334. The van der Waals surface area contributed by atoms with E-state index in [4.69, 9.17) is 0 Å². The first-order chi connectivity index (χ1) is 19.4. The van der Waals surface area contributed by atoms with E-state index < -0.39 is 11.7 Å². The largest absolute Gasteiger partial charge is 0.512 e. The van der Waals surface area contributed by atoms with Crippen LogP contribution in [0.25, 0.3) is 32.9 Å². The van der Waals surface area contributed by atoms with Gasteiger partial charge in [0.2, 0.25) is 0 Å². The molecule has 0 saturated carbocycles. The Labute approximate surface area is 260 Å². The van der Waals surface area contributed by atoms with E-state index in [1.165, 1.54) is 6.08 Å². The number of carbonyl (C=O) groups is 1. The maximum atomic E-state index is 13.7. The number of pyridine rings is 1. The topological polar surface area (TPSA) is 50.2 Å². The number of rotatable bonds is 8. The summed E-state index contributed by atoms with van der Waals surface area (Å²) in [7, 11) is 0. The first kappa shape index (κ1) is 35.2. The van der Waals surface area contributed by atoms with Crippen molar-refractivity contribution in [1.29, 1.82) is 0 Å². The number of aliphatic hydroxyl groups excluding tert-OH is 1. The van der Waals surface area contributed by atoms with Crippen molar-refractivity contribution in [3.8, 4) is 11.3 Å². The summed E-state index contributed by atoms with van der Waals surface area (Å²) in [5.41, 5.74) is 2.35. The van der Waals surface area contributed by atoms with Crippen LogP contribution < -0.4 is 0 Å². The van der Waals surface area contributed by atoms with Crippen LogP contribution in [-0.4, -0.2) is 15.9 Å². The van der Waals surface area contributed by atoms with E-state index >= 15 is 0 Å². The zero-order valence-electron chi connectivity index (χ0n) is 25.0. The Kier molecular flexibility index (Phi) is 12.9. The smallest absolute Gasteiger partial charge is 0.416 e. The number of fused-ring (bicyclic) bond motifs is 2. The van der Waals surface area contributed by atoms with Gasteiger partial charge in [0.25, 0.3) is 0 Å². The van der Waals surface area contributed by atoms with Crippen LogP contribution in [0.1, 0.15) is 70.1 Å². The van der Waals surface area contributed by atoms with Gasteiger partial charge in [-0.25, -0.2) is 0 Å². The fourth-order valence-electron chi connectivity index (χ4n) is 5.10. The Hall–Kier alpha value is -3.02. The molecule has 0 unspecified atom stereocenters. The minimum Gasteiger partial charge on any atom is -0.512 e. The van der Waals surface area contributed by atoms with Crippen LogP contribution in [0.2, 0.25) is 0 Å². The molecular weight excluding hydrogens is 716 g/mol. The summed E-state index contributed by atoms with van der Waals surface area (Å²) in [5.74, 6) is 0.547. The van der Waals surface area contributed by atoms with Crippen LogP contribution in [0.15, 0.2) is 66.4 Å². The summed E-state index contributed by atoms with van der Waals surface area (Å²) in [4.78, 5) is 16.2. The van der Waals surface area contributed by atoms with E-state index in [2.05, 4.69) is 11.1 Å². The van der Waals surface area contributed by atoms with Gasteiger partial charge in [-0.3, -0.25) is 9.78 Å². The molecule has 0 aliphatic heterocycles. The van der Waals surface area contributed by atoms with E-state index in [9.17, 15) is 23.1 Å². The number of carbonyl (C=O) groups excluding carboxylic acids is 1. The molecule has 3 aromatic carbocycles. The van der Waals surface area contributed by atoms with Crippen LogP contribution in [0.3, 0.4) is 0 Å². The van der Waals surface area contributed by atoms with Crippen molar-refractivity contribution in [2.45, 2.75) is 73.4 Å². The van der Waals surface area contributed by atoms with Crippen molar-refractivity contribution in [3.05, 3.63) is 89.2 Å². The number of benzene rings is 3. The molecule has 227 valence electrons. The normalized spacial score (nSPS) is 11.9. The predicted octanol–water partition coefficient (Wildman–Crippen LogP) is 10.4. The van der Waals surface area contributed by atoms with E-state index in [0.717, 1.165) is 53.6 Å². The second kappa shape index (κ2) is 15.4. The number of alkyl halides is 3. The number of aromatic nitrogens is 1. The molecule has 1 N–H and O–H groups in total. The molecule has 0 atom stereocenters. The summed E-state index contributed by atoms with van der Waals surface area (Å²) in [6, 6.07) is 18.6. The minimum atomic E-state index is -4.46. The van der Waals surface area contributed by atoms with Crippen molar-refractivity contribution >= 4 is 27.5 Å². The van der Waals surface area contributed by atoms with Gasteiger partial charge in [0.05, 0.1) is 16.8 Å². The third-order valence-corrected chi connectivity index (χ3v) is 7.49. The van der Waals surface area contributed by atoms with Crippen molar-refractivity contribution in [3.63, 3.8) is 0 Å². The number of hydrogen-bond donors (Lipinski definition) is 1. The second-order valence-corrected chi connectivity index (χ2v) is 10.5. The fraction of sp³-hybridized carbons (Fsp3) is 0.371. The van der Waals surface area contributed by atoms with E-state index in [1.807, 2.05) is 71.9 Å². The van der Waals surface area contributed by atoms with Crippen LogP contribution in [0, 0.1) is 31.7 Å². The van der Waals surface area contributed by atoms with Crippen LogP contribution in [-0.2, 0) is 31.1 Å². The van der Waals surface area contributed by atoms with Crippen molar-refractivity contribution in [2.75, 3.05) is 0 Å². The molecular formula is C35H39F3IrNO2-. The number of aryl methyl sites for hydroxylation is 2. The summed E-state index contributed by atoms with van der Waals surface area (Å²) in [6.07, 6.45) is 0.445. The first-order valence-electron chi connectivity index (χ1n) is 14.3. The molecule has 4 rings (SSSR count). The summed E-state index contributed by atoms with van der Waals surface area (Å²) < 4.78 is 41.2. The van der Waals surface area contributed by atoms with Gasteiger partial charge in [-0.2, -0.15) is 13.2 Å². The molecule has 1 heterocycles. The molecule has 0 saturated heterocycles. The van der Waals surface area contributed by atoms with Crippen LogP contribution in [0.4, 0.5) is 13.2 Å². The first-order valence-corrected chi connectivity index (χ1v) is 14.3. The van der Waals surface area contributed by atoms with E-state index in [1.54, 1.807) is 18.2 Å². The minimum absolute atomic E-state index is 0. The SMILES string of the molecule is CCC(CC)C(=O)/C=C(\O)C(CC)CC.Cc1[c-]c(-c2cc(C(F)(F)F)c3cc4ccccc4cc3n2)cc(C)c1.[Ir]. The predicted molar refractivity (Wildman–Crippen MR) is 162 cm³/mol. The maximum Gasteiger partial charge on any atom is 0.416 e. The molecule has 0 bridgehead atoms. The molecule has 3 nitrogen and oxygen atoms in total. The molecule has 7 heteroatoms. The monoisotopic (exact) mass is 755 g/mol. The fourth-order valence-corrected chi connectivity index (χ4v) is 5.10. The number of allylic oxidation sites excluding steroid dienone is 2. The third-order valence-electron chi connectivity index (χ3n) is 7.49. The van der Waals surface area contributed by atoms with E-state index in [0.29, 0.717) is 11.1 Å². The molecule has 0 aliphatic carbocycles. The van der Waals surface area contributed by atoms with Gasteiger partial charge >= 0.3 is 6.18 Å². The Morgan fingerprint density at radius 2 is 1.48 bits per heavy atom. The van der Waals surface area contributed by atoms with Gasteiger partial charge < -0.3 is 5.11 Å². The molecule has 1 aromatic heterocycles. The summed E-state index contributed by atoms with van der Waals surface area (Å²) in [5, 5.41) is 11.5. The number of aliphatic hydroxyl groups is 1. The average molecular weight is 755 g/mol. The van der Waals surface area contributed by atoms with Gasteiger partial charge in [0.15, 0.2) is 5.78 Å². The second-order valence-electron chi connectivity index (χ2n) is 10.5. The standard InChI is InChI=1S/C22H15F3N.C13H24O2.Ir/c1-13-7-14(2)9-17(8-13)20-12-19(22(23,24)25)18-10-15-5-3-4-6-16(15)11-21(18)26-20;1-5-10(6-2)12(14)9-13(15)11(7-3)8-4;/h3-8,10-12H,1-2H3;9-11,14H,5-8H2,1-4H3;/q-1;;/b;12-9-;. The van der Waals surface area contributed by atoms with Crippen molar-refractivity contribution in [2.24, 2.45) is 11.8 Å². The molecule has 0 aliphatic rings. The average Bonchev–Trinajstić information content (AvgIpc) is 2.92. The van der Waals surface area contributed by atoms with Crippen molar-refractivity contribution < 1.29 is 43.2 Å². The van der Waals surface area contributed by atoms with Gasteiger partial charge in [-0.1, -0.05) is 71.9 Å². The number of nitrogens with zero attached hydrogens (tertiary/aromatic N) is 1. The van der Waals surface area contributed by atoms with Crippen molar-refractivity contribution in [1.82, 2.24) is 4.98 Å². The third kappa shape index (κ3) is 8.75. The Morgan fingerprint density at radius 1 is 0.905 bits per heavy atom. The zero-order chi connectivity index (χ0) is 30.3. The molecule has 0 spiro atoms. The van der Waals surface area contributed by atoms with Gasteiger partial charge in [-0.05, 0) is 54.3 Å². The molecule has 42 heavy (non-hydrogen) atoms. The summed E-state index contributed by atoms with van der Waals surface area (Å²) in [6.45, 7) is 11.8. The number of hydrogen-bond acceptors (Lipinski definition) is 3. The number of halogens is 3. The van der Waals surface area contributed by atoms with Gasteiger partial charge in [0.1, 0.15) is 0 Å². The quantitative estimate of drug-likeness (QED) is 0.0844. The van der Waals surface area contributed by atoms with Gasteiger partial charge in [0, 0.05) is 43.4 Å². The summed E-state index contributed by atoms with van der Waals surface area (Å²) >= 11 is 0.